The largest absolute Gasteiger partial charge is 0.474 e. The minimum atomic E-state index is 0.0169. The first-order valence-electron chi connectivity index (χ1n) is 8.57. The van der Waals surface area contributed by atoms with Gasteiger partial charge in [0.2, 0.25) is 5.88 Å². The van der Waals surface area contributed by atoms with E-state index >= 15 is 0 Å². The lowest BCUT2D eigenvalue weighted by atomic mass is 9.92. The quantitative estimate of drug-likeness (QED) is 0.930. The summed E-state index contributed by atoms with van der Waals surface area (Å²) in [5, 5.41) is 3.14. The maximum atomic E-state index is 12.3. The molecule has 1 aromatic carbocycles. The fourth-order valence-electron chi connectivity index (χ4n) is 3.07. The van der Waals surface area contributed by atoms with Crippen LogP contribution in [0.4, 0.5) is 0 Å². The molecule has 0 radical (unpaired) electrons. The van der Waals surface area contributed by atoms with Crippen molar-refractivity contribution in [3.05, 3.63) is 59.3 Å². The lowest BCUT2D eigenvalue weighted by Crippen LogP contribution is -2.39. The maximum absolute atomic E-state index is 12.3. The van der Waals surface area contributed by atoms with Crippen LogP contribution in [-0.4, -0.2) is 23.0 Å². The minimum Gasteiger partial charge on any atom is -0.474 e. The van der Waals surface area contributed by atoms with Crippen LogP contribution in [0.2, 0.25) is 0 Å². The highest BCUT2D eigenvalue weighted by molar-refractivity contribution is 5.94. The lowest BCUT2D eigenvalue weighted by molar-refractivity contribution is 0.0890. The normalized spacial score (nSPS) is 20.4. The van der Waals surface area contributed by atoms with E-state index in [1.165, 1.54) is 0 Å². The van der Waals surface area contributed by atoms with Crippen LogP contribution in [-0.2, 0) is 0 Å². The van der Waals surface area contributed by atoms with Crippen LogP contribution in [0.1, 0.15) is 47.2 Å². The molecular formula is C20H24N2O2. The zero-order valence-corrected chi connectivity index (χ0v) is 14.3. The summed E-state index contributed by atoms with van der Waals surface area (Å²) < 4.78 is 5.94. The second kappa shape index (κ2) is 7.47. The van der Waals surface area contributed by atoms with Gasteiger partial charge in [0.1, 0.15) is 6.10 Å². The number of amides is 1. The first kappa shape index (κ1) is 16.5. The van der Waals surface area contributed by atoms with Gasteiger partial charge < -0.3 is 10.1 Å². The van der Waals surface area contributed by atoms with Gasteiger partial charge in [-0.15, -0.1) is 0 Å². The molecule has 2 aromatic rings. The number of carbonyl (C=O) groups is 1. The summed E-state index contributed by atoms with van der Waals surface area (Å²) >= 11 is 0. The topological polar surface area (TPSA) is 51.2 Å². The molecule has 126 valence electrons. The van der Waals surface area contributed by atoms with E-state index < -0.39 is 0 Å². The summed E-state index contributed by atoms with van der Waals surface area (Å²) in [4.78, 5) is 16.6. The van der Waals surface area contributed by atoms with Crippen molar-refractivity contribution in [1.82, 2.24) is 10.3 Å². The number of benzene rings is 1. The first-order valence-corrected chi connectivity index (χ1v) is 8.57. The fourth-order valence-corrected chi connectivity index (χ4v) is 3.07. The van der Waals surface area contributed by atoms with Gasteiger partial charge >= 0.3 is 0 Å². The second-order valence-corrected chi connectivity index (χ2v) is 6.61. The van der Waals surface area contributed by atoms with E-state index in [2.05, 4.69) is 10.3 Å². The molecule has 4 nitrogen and oxygen atoms in total. The standard InChI is InChI=1S/C20H24N2O2/c1-14-4-3-5-16(12-14)20(23)22-17-7-9-18(10-8-17)24-19-11-6-15(2)13-21-19/h3-6,11-13,17-18H,7-10H2,1-2H3,(H,22,23). The number of aromatic nitrogens is 1. The number of ether oxygens (including phenoxy) is 1. The zero-order chi connectivity index (χ0) is 16.9. The van der Waals surface area contributed by atoms with Gasteiger partial charge in [-0.25, -0.2) is 4.98 Å². The van der Waals surface area contributed by atoms with Gasteiger partial charge in [-0.2, -0.15) is 0 Å². The predicted octanol–water partition coefficient (Wildman–Crippen LogP) is 3.82. The third-order valence-corrected chi connectivity index (χ3v) is 4.46. The molecule has 3 rings (SSSR count). The molecule has 0 atom stereocenters. The molecule has 1 amide bonds. The number of hydrogen-bond donors (Lipinski definition) is 1. The highest BCUT2D eigenvalue weighted by Gasteiger charge is 2.24. The Morgan fingerprint density at radius 3 is 2.54 bits per heavy atom. The van der Waals surface area contributed by atoms with Crippen molar-refractivity contribution in [3.8, 4) is 5.88 Å². The SMILES string of the molecule is Cc1ccc(OC2CCC(NC(=O)c3cccc(C)c3)CC2)nc1. The summed E-state index contributed by atoms with van der Waals surface area (Å²) in [7, 11) is 0. The second-order valence-electron chi connectivity index (χ2n) is 6.61. The number of nitrogens with zero attached hydrogens (tertiary/aromatic N) is 1. The Balaban J connectivity index is 1.48. The molecule has 4 heteroatoms. The maximum Gasteiger partial charge on any atom is 0.251 e. The number of carbonyl (C=O) groups excluding carboxylic acids is 1. The smallest absolute Gasteiger partial charge is 0.251 e. The average molecular weight is 324 g/mol. The summed E-state index contributed by atoms with van der Waals surface area (Å²) in [6, 6.07) is 11.9. The number of hydrogen-bond acceptors (Lipinski definition) is 3. The van der Waals surface area contributed by atoms with E-state index in [1.54, 1.807) is 0 Å². The van der Waals surface area contributed by atoms with E-state index in [0.29, 0.717) is 5.88 Å². The third-order valence-electron chi connectivity index (χ3n) is 4.46. The van der Waals surface area contributed by atoms with Crippen LogP contribution in [0.15, 0.2) is 42.6 Å². The van der Waals surface area contributed by atoms with Crippen molar-refractivity contribution in [2.45, 2.75) is 51.7 Å². The Labute approximate surface area is 143 Å². The Morgan fingerprint density at radius 2 is 1.88 bits per heavy atom. The molecular weight excluding hydrogens is 300 g/mol. The molecule has 0 bridgehead atoms. The van der Waals surface area contributed by atoms with Crippen LogP contribution in [0.25, 0.3) is 0 Å². The third kappa shape index (κ3) is 4.34. The monoisotopic (exact) mass is 324 g/mol. The van der Waals surface area contributed by atoms with Crippen molar-refractivity contribution in [3.63, 3.8) is 0 Å². The molecule has 1 aliphatic carbocycles. The van der Waals surface area contributed by atoms with Crippen molar-refractivity contribution < 1.29 is 9.53 Å². The highest BCUT2D eigenvalue weighted by Crippen LogP contribution is 2.23. The Kier molecular flexibility index (Phi) is 5.14. The molecule has 1 heterocycles. The number of nitrogens with one attached hydrogen (secondary N) is 1. The van der Waals surface area contributed by atoms with Gasteiger partial charge in [0, 0.05) is 23.9 Å². The number of rotatable bonds is 4. The number of pyridine rings is 1. The van der Waals surface area contributed by atoms with Crippen molar-refractivity contribution in [2.24, 2.45) is 0 Å². The van der Waals surface area contributed by atoms with Crippen molar-refractivity contribution in [1.29, 1.82) is 0 Å². The molecule has 0 saturated heterocycles. The van der Waals surface area contributed by atoms with Gasteiger partial charge in [-0.05, 0) is 57.2 Å². The molecule has 1 aromatic heterocycles. The summed E-state index contributed by atoms with van der Waals surface area (Å²) in [6.45, 7) is 4.01. The van der Waals surface area contributed by atoms with Crippen molar-refractivity contribution >= 4 is 5.91 Å². The summed E-state index contributed by atoms with van der Waals surface area (Å²) in [5.41, 5.74) is 2.97. The van der Waals surface area contributed by atoms with E-state index in [-0.39, 0.29) is 18.1 Å². The summed E-state index contributed by atoms with van der Waals surface area (Å²) in [5.74, 6) is 0.705. The van der Waals surface area contributed by atoms with E-state index in [9.17, 15) is 4.79 Å². The van der Waals surface area contributed by atoms with Gasteiger partial charge in [0.25, 0.3) is 5.91 Å². The summed E-state index contributed by atoms with van der Waals surface area (Å²) in [6.07, 6.45) is 5.76. The molecule has 1 N–H and O–H groups in total. The van der Waals surface area contributed by atoms with Gasteiger partial charge in [-0.3, -0.25) is 4.79 Å². The Morgan fingerprint density at radius 1 is 1.08 bits per heavy atom. The van der Waals surface area contributed by atoms with E-state index in [4.69, 9.17) is 4.74 Å². The van der Waals surface area contributed by atoms with Gasteiger partial charge in [0.05, 0.1) is 0 Å². The number of aryl methyl sites for hydroxylation is 2. The van der Waals surface area contributed by atoms with Gasteiger partial charge in [0.15, 0.2) is 0 Å². The molecule has 0 unspecified atom stereocenters. The first-order chi connectivity index (χ1) is 11.6. The highest BCUT2D eigenvalue weighted by atomic mass is 16.5. The van der Waals surface area contributed by atoms with Gasteiger partial charge in [-0.1, -0.05) is 23.8 Å². The predicted molar refractivity (Wildman–Crippen MR) is 94.3 cm³/mol. The molecule has 1 saturated carbocycles. The molecule has 0 spiro atoms. The molecule has 1 fully saturated rings. The Hall–Kier alpha value is -2.36. The van der Waals surface area contributed by atoms with E-state index in [1.807, 2.05) is 56.4 Å². The van der Waals surface area contributed by atoms with Crippen molar-refractivity contribution in [2.75, 3.05) is 0 Å². The van der Waals surface area contributed by atoms with Crippen LogP contribution in [0.3, 0.4) is 0 Å². The van der Waals surface area contributed by atoms with Crippen LogP contribution < -0.4 is 10.1 Å². The lowest BCUT2D eigenvalue weighted by Gasteiger charge is -2.29. The molecule has 0 aliphatic heterocycles. The molecule has 1 aliphatic rings. The van der Waals surface area contributed by atoms with Crippen LogP contribution in [0.5, 0.6) is 5.88 Å². The Bertz CT molecular complexity index is 689. The average Bonchev–Trinajstić information content (AvgIpc) is 2.59. The fraction of sp³-hybridized carbons (Fsp3) is 0.400. The molecule has 24 heavy (non-hydrogen) atoms. The van der Waals surface area contributed by atoms with Crippen LogP contribution in [0, 0.1) is 13.8 Å². The van der Waals surface area contributed by atoms with Crippen LogP contribution >= 0.6 is 0 Å². The van der Waals surface area contributed by atoms with E-state index in [0.717, 1.165) is 42.4 Å². The zero-order valence-electron chi connectivity index (χ0n) is 14.3. The minimum absolute atomic E-state index is 0.0169.